The van der Waals surface area contributed by atoms with Crippen molar-refractivity contribution in [1.82, 2.24) is 9.88 Å². The molecule has 140 valence electrons. The molecule has 2 bridgehead atoms. The molecule has 1 unspecified atom stereocenters. The zero-order valence-corrected chi connectivity index (χ0v) is 15.6. The number of methoxy groups -OCH3 is 2. The standard InChI is InChI=1S/C20H26N2O4/c1-12-18(11-22-13-4-5-14(22)9-15(23)8-13)21-20(26-12)17-10-16(24-2)6-7-19(17)25-3/h6-7,10,13-15,23H,4-5,8-9,11H2,1-3H3/t13-,14+,15?. The molecule has 1 aromatic heterocycles. The van der Waals surface area contributed by atoms with Gasteiger partial charge in [0, 0.05) is 18.6 Å². The number of piperidine rings is 1. The van der Waals surface area contributed by atoms with Crippen molar-refractivity contribution in [3.8, 4) is 23.0 Å². The van der Waals surface area contributed by atoms with E-state index in [-0.39, 0.29) is 6.10 Å². The Morgan fingerprint density at radius 2 is 1.92 bits per heavy atom. The number of fused-ring (bicyclic) bond motifs is 2. The van der Waals surface area contributed by atoms with Crippen molar-refractivity contribution in [2.45, 2.75) is 57.3 Å². The summed E-state index contributed by atoms with van der Waals surface area (Å²) in [5.41, 5.74) is 1.75. The first-order valence-electron chi connectivity index (χ1n) is 9.21. The largest absolute Gasteiger partial charge is 0.497 e. The van der Waals surface area contributed by atoms with Gasteiger partial charge in [-0.3, -0.25) is 4.90 Å². The van der Waals surface area contributed by atoms with Crippen LogP contribution in [0.4, 0.5) is 0 Å². The Bertz CT molecular complexity index is 774. The maximum absolute atomic E-state index is 10.0. The highest BCUT2D eigenvalue weighted by Crippen LogP contribution is 2.38. The maximum Gasteiger partial charge on any atom is 0.230 e. The number of oxazole rings is 1. The van der Waals surface area contributed by atoms with Gasteiger partial charge in [0.05, 0.1) is 31.6 Å². The SMILES string of the molecule is COc1ccc(OC)c(-c2nc(CN3[C@@H]4CC[C@H]3CC(O)C4)c(C)o2)c1. The summed E-state index contributed by atoms with van der Waals surface area (Å²) in [5, 5.41) is 10.0. The van der Waals surface area contributed by atoms with E-state index in [0.29, 0.717) is 23.7 Å². The van der Waals surface area contributed by atoms with E-state index in [2.05, 4.69) is 4.90 Å². The van der Waals surface area contributed by atoms with E-state index in [0.717, 1.165) is 55.0 Å². The van der Waals surface area contributed by atoms with Crippen LogP contribution in [-0.2, 0) is 6.54 Å². The molecule has 6 nitrogen and oxygen atoms in total. The van der Waals surface area contributed by atoms with E-state index in [1.807, 2.05) is 25.1 Å². The fourth-order valence-corrected chi connectivity index (χ4v) is 4.35. The third kappa shape index (κ3) is 3.08. The minimum Gasteiger partial charge on any atom is -0.497 e. The minimum atomic E-state index is -0.154. The third-order valence-corrected chi connectivity index (χ3v) is 5.72. The second-order valence-electron chi connectivity index (χ2n) is 7.27. The average Bonchev–Trinajstić information content (AvgIpc) is 3.12. The van der Waals surface area contributed by atoms with Crippen LogP contribution in [0.5, 0.6) is 11.5 Å². The minimum absolute atomic E-state index is 0.154. The Morgan fingerprint density at radius 3 is 2.58 bits per heavy atom. The van der Waals surface area contributed by atoms with Crippen molar-refractivity contribution in [2.24, 2.45) is 0 Å². The lowest BCUT2D eigenvalue weighted by atomic mass is 9.99. The molecule has 0 saturated carbocycles. The molecular weight excluding hydrogens is 332 g/mol. The fourth-order valence-electron chi connectivity index (χ4n) is 4.35. The Balaban J connectivity index is 1.61. The van der Waals surface area contributed by atoms with Crippen LogP contribution in [0.25, 0.3) is 11.5 Å². The summed E-state index contributed by atoms with van der Waals surface area (Å²) in [6.07, 6.45) is 3.90. The lowest BCUT2D eigenvalue weighted by Crippen LogP contribution is -2.44. The molecule has 0 amide bonds. The van der Waals surface area contributed by atoms with E-state index < -0.39 is 0 Å². The monoisotopic (exact) mass is 358 g/mol. The molecule has 3 atom stereocenters. The normalized spacial score (nSPS) is 25.5. The van der Waals surface area contributed by atoms with Gasteiger partial charge in [0.25, 0.3) is 0 Å². The lowest BCUT2D eigenvalue weighted by molar-refractivity contribution is 0.0302. The van der Waals surface area contributed by atoms with Gasteiger partial charge >= 0.3 is 0 Å². The Labute approximate surface area is 153 Å². The molecule has 2 fully saturated rings. The number of rotatable bonds is 5. The molecular formula is C20H26N2O4. The fraction of sp³-hybridized carbons (Fsp3) is 0.550. The molecule has 2 aromatic rings. The van der Waals surface area contributed by atoms with Crippen LogP contribution >= 0.6 is 0 Å². The summed E-state index contributed by atoms with van der Waals surface area (Å²) in [6, 6.07) is 6.51. The van der Waals surface area contributed by atoms with Crippen LogP contribution < -0.4 is 9.47 Å². The van der Waals surface area contributed by atoms with Crippen LogP contribution in [0.1, 0.15) is 37.1 Å². The summed E-state index contributed by atoms with van der Waals surface area (Å²) >= 11 is 0. The zero-order chi connectivity index (χ0) is 18.3. The number of aromatic nitrogens is 1. The quantitative estimate of drug-likeness (QED) is 0.886. The molecule has 4 rings (SSSR count). The zero-order valence-electron chi connectivity index (χ0n) is 15.6. The van der Waals surface area contributed by atoms with Gasteiger partial charge in [-0.1, -0.05) is 0 Å². The molecule has 3 heterocycles. The van der Waals surface area contributed by atoms with Crippen LogP contribution in [-0.4, -0.2) is 47.4 Å². The van der Waals surface area contributed by atoms with Gasteiger partial charge in [0.2, 0.25) is 5.89 Å². The summed E-state index contributed by atoms with van der Waals surface area (Å²) in [6.45, 7) is 2.73. The number of aliphatic hydroxyl groups excluding tert-OH is 1. The van der Waals surface area contributed by atoms with Crippen molar-refractivity contribution in [3.05, 3.63) is 29.7 Å². The van der Waals surface area contributed by atoms with Gasteiger partial charge in [0.15, 0.2) is 0 Å². The first-order valence-corrected chi connectivity index (χ1v) is 9.21. The van der Waals surface area contributed by atoms with Crippen molar-refractivity contribution in [3.63, 3.8) is 0 Å². The Morgan fingerprint density at radius 1 is 1.19 bits per heavy atom. The Kier molecular flexibility index (Phi) is 4.63. The molecule has 1 aromatic carbocycles. The van der Waals surface area contributed by atoms with Crippen molar-refractivity contribution in [1.29, 1.82) is 0 Å². The van der Waals surface area contributed by atoms with E-state index in [9.17, 15) is 5.11 Å². The number of hydrogen-bond donors (Lipinski definition) is 1. The van der Waals surface area contributed by atoms with E-state index in [4.69, 9.17) is 18.9 Å². The number of aryl methyl sites for hydroxylation is 1. The molecule has 26 heavy (non-hydrogen) atoms. The summed E-state index contributed by atoms with van der Waals surface area (Å²) in [4.78, 5) is 7.26. The molecule has 0 radical (unpaired) electrons. The molecule has 0 spiro atoms. The number of benzene rings is 1. The number of ether oxygens (including phenoxy) is 2. The average molecular weight is 358 g/mol. The summed E-state index contributed by atoms with van der Waals surface area (Å²) < 4.78 is 16.8. The van der Waals surface area contributed by atoms with Gasteiger partial charge in [-0.2, -0.15) is 0 Å². The number of hydrogen-bond acceptors (Lipinski definition) is 6. The molecule has 1 N–H and O–H groups in total. The van der Waals surface area contributed by atoms with E-state index in [1.165, 1.54) is 0 Å². The highest BCUT2D eigenvalue weighted by molar-refractivity contribution is 5.65. The van der Waals surface area contributed by atoms with Gasteiger partial charge in [-0.05, 0) is 50.8 Å². The Hall–Kier alpha value is -2.05. The van der Waals surface area contributed by atoms with Crippen molar-refractivity contribution in [2.75, 3.05) is 14.2 Å². The smallest absolute Gasteiger partial charge is 0.230 e. The molecule has 2 aliphatic heterocycles. The molecule has 2 aliphatic rings. The van der Waals surface area contributed by atoms with Crippen LogP contribution in [0.3, 0.4) is 0 Å². The highest BCUT2D eigenvalue weighted by atomic mass is 16.5. The second-order valence-corrected chi connectivity index (χ2v) is 7.27. The van der Waals surface area contributed by atoms with Crippen molar-refractivity contribution < 1.29 is 19.0 Å². The maximum atomic E-state index is 10.0. The van der Waals surface area contributed by atoms with Crippen molar-refractivity contribution >= 4 is 0 Å². The van der Waals surface area contributed by atoms with Crippen LogP contribution in [0.2, 0.25) is 0 Å². The van der Waals surface area contributed by atoms with Crippen LogP contribution in [0, 0.1) is 6.92 Å². The van der Waals surface area contributed by atoms with Gasteiger partial charge in [0.1, 0.15) is 17.3 Å². The predicted molar refractivity (Wildman–Crippen MR) is 97.4 cm³/mol. The number of aliphatic hydroxyl groups is 1. The lowest BCUT2D eigenvalue weighted by Gasteiger charge is -2.36. The second kappa shape index (κ2) is 6.93. The molecule has 2 saturated heterocycles. The van der Waals surface area contributed by atoms with Gasteiger partial charge in [-0.15, -0.1) is 0 Å². The first kappa shape index (κ1) is 17.4. The predicted octanol–water partition coefficient (Wildman–Crippen LogP) is 3.15. The van der Waals surface area contributed by atoms with Crippen LogP contribution in [0.15, 0.2) is 22.6 Å². The third-order valence-electron chi connectivity index (χ3n) is 5.72. The van der Waals surface area contributed by atoms with Gasteiger partial charge in [-0.25, -0.2) is 4.98 Å². The van der Waals surface area contributed by atoms with E-state index in [1.54, 1.807) is 14.2 Å². The number of nitrogens with zero attached hydrogens (tertiary/aromatic N) is 2. The molecule has 6 heteroatoms. The summed E-state index contributed by atoms with van der Waals surface area (Å²) in [7, 11) is 3.27. The topological polar surface area (TPSA) is 68.0 Å². The van der Waals surface area contributed by atoms with Gasteiger partial charge < -0.3 is 19.0 Å². The first-order chi connectivity index (χ1) is 12.6. The highest BCUT2D eigenvalue weighted by Gasteiger charge is 2.40. The molecule has 0 aliphatic carbocycles. The summed E-state index contributed by atoms with van der Waals surface area (Å²) in [5.74, 6) is 2.83. The van der Waals surface area contributed by atoms with E-state index >= 15 is 0 Å².